The topological polar surface area (TPSA) is 153 Å². The van der Waals surface area contributed by atoms with Gasteiger partial charge in [-0.1, -0.05) is 35.2 Å². The number of methoxy groups -OCH3 is 3. The molecular weight excluding hydrogens is 576 g/mol. The number of nitrogens with zero attached hydrogens (tertiary/aromatic N) is 4. The van der Waals surface area contributed by atoms with Gasteiger partial charge in [0.2, 0.25) is 11.0 Å². The summed E-state index contributed by atoms with van der Waals surface area (Å²) in [5, 5.41) is 22.1. The lowest BCUT2D eigenvalue weighted by Gasteiger charge is -2.38. The second-order valence-corrected chi connectivity index (χ2v) is 11.5. The second kappa shape index (κ2) is 12.5. The van der Waals surface area contributed by atoms with Gasteiger partial charge in [0.15, 0.2) is 10.1 Å². The smallest absolute Gasteiger partial charge is 0.234 e. The third-order valence-electron chi connectivity index (χ3n) is 6.93. The number of carbonyl (C=O) groups excluding carboxylic acids is 2. The minimum atomic E-state index is -0.697. The summed E-state index contributed by atoms with van der Waals surface area (Å²) in [7, 11) is 4.65. The van der Waals surface area contributed by atoms with Crippen LogP contribution in [0.2, 0.25) is 0 Å². The van der Waals surface area contributed by atoms with E-state index in [2.05, 4.69) is 21.6 Å². The van der Waals surface area contributed by atoms with Gasteiger partial charge < -0.3 is 25.3 Å². The molecular formula is C29H28N6O5S2. The molecule has 216 valence electrons. The fraction of sp³-hybridized carbons (Fsp3) is 0.276. The molecule has 0 saturated heterocycles. The van der Waals surface area contributed by atoms with Crippen molar-refractivity contribution in [3.63, 3.8) is 0 Å². The first-order valence-electron chi connectivity index (χ1n) is 13.0. The number of hydrogen-bond donors (Lipinski definition) is 2. The Labute approximate surface area is 251 Å². The number of anilines is 2. The van der Waals surface area contributed by atoms with Gasteiger partial charge in [-0.3, -0.25) is 14.5 Å². The van der Waals surface area contributed by atoms with Crippen LogP contribution in [0.3, 0.4) is 0 Å². The maximum atomic E-state index is 13.4. The fourth-order valence-electron chi connectivity index (χ4n) is 5.05. The second-order valence-electron chi connectivity index (χ2n) is 9.34. The molecule has 0 bridgehead atoms. The zero-order valence-electron chi connectivity index (χ0n) is 23.2. The Balaban J connectivity index is 1.44. The van der Waals surface area contributed by atoms with E-state index >= 15 is 0 Å². The van der Waals surface area contributed by atoms with Gasteiger partial charge in [-0.25, -0.2) is 0 Å². The molecule has 5 rings (SSSR count). The average Bonchev–Trinajstić information content (AvgIpc) is 3.47. The Kier molecular flexibility index (Phi) is 8.65. The Morgan fingerprint density at radius 3 is 2.67 bits per heavy atom. The van der Waals surface area contributed by atoms with Gasteiger partial charge in [0.05, 0.1) is 44.6 Å². The molecule has 0 fully saturated rings. The van der Waals surface area contributed by atoms with Crippen LogP contribution >= 0.6 is 23.1 Å². The van der Waals surface area contributed by atoms with Crippen LogP contribution in [-0.2, 0) is 9.59 Å². The lowest BCUT2D eigenvalue weighted by atomic mass is 9.75. The van der Waals surface area contributed by atoms with E-state index in [1.54, 1.807) is 61.6 Å². The number of ketones is 1. The van der Waals surface area contributed by atoms with E-state index in [1.165, 1.54) is 30.2 Å². The molecule has 3 aromatic rings. The molecule has 0 radical (unpaired) electrons. The highest BCUT2D eigenvalue weighted by molar-refractivity contribution is 8.01. The van der Waals surface area contributed by atoms with E-state index in [4.69, 9.17) is 19.9 Å². The van der Waals surface area contributed by atoms with Crippen molar-refractivity contribution < 1.29 is 23.8 Å². The van der Waals surface area contributed by atoms with Gasteiger partial charge in [-0.15, -0.1) is 10.2 Å². The predicted octanol–water partition coefficient (Wildman–Crippen LogP) is 4.60. The molecule has 1 aliphatic heterocycles. The van der Waals surface area contributed by atoms with E-state index in [0.717, 1.165) is 0 Å². The van der Waals surface area contributed by atoms with Gasteiger partial charge >= 0.3 is 0 Å². The Hall–Kier alpha value is -4.54. The lowest BCUT2D eigenvalue weighted by molar-refractivity contribution is -0.116. The fourth-order valence-corrected chi connectivity index (χ4v) is 6.73. The quantitative estimate of drug-likeness (QED) is 0.330. The monoisotopic (exact) mass is 604 g/mol. The molecule has 3 N–H and O–H groups in total. The summed E-state index contributed by atoms with van der Waals surface area (Å²) in [6, 6.07) is 14.6. The number of ether oxygens (including phenoxy) is 3. The highest BCUT2D eigenvalue weighted by atomic mass is 32.2. The number of carbonyl (C=O) groups is 2. The lowest BCUT2D eigenvalue weighted by Crippen LogP contribution is -2.38. The minimum Gasteiger partial charge on any atom is -0.497 e. The molecule has 13 heteroatoms. The molecule has 1 amide bonds. The highest BCUT2D eigenvalue weighted by Gasteiger charge is 2.42. The Morgan fingerprint density at radius 1 is 1.14 bits per heavy atom. The molecule has 1 unspecified atom stereocenters. The van der Waals surface area contributed by atoms with Crippen LogP contribution in [0, 0.1) is 11.3 Å². The molecule has 1 aromatic heterocycles. The largest absolute Gasteiger partial charge is 0.497 e. The normalized spacial score (nSPS) is 16.6. The van der Waals surface area contributed by atoms with Gasteiger partial charge in [0, 0.05) is 41.1 Å². The molecule has 42 heavy (non-hydrogen) atoms. The van der Waals surface area contributed by atoms with E-state index in [9.17, 15) is 14.9 Å². The van der Waals surface area contributed by atoms with Crippen molar-refractivity contribution in [1.29, 1.82) is 5.26 Å². The maximum Gasteiger partial charge on any atom is 0.234 e. The summed E-state index contributed by atoms with van der Waals surface area (Å²) in [4.78, 5) is 27.7. The summed E-state index contributed by atoms with van der Waals surface area (Å²) in [5.74, 6) is 1.02. The number of rotatable bonds is 9. The van der Waals surface area contributed by atoms with Crippen molar-refractivity contribution in [3.8, 4) is 23.3 Å². The molecule has 0 saturated carbocycles. The number of nitrogens with one attached hydrogen (secondary N) is 1. The Morgan fingerprint density at radius 2 is 1.93 bits per heavy atom. The SMILES string of the molecule is COc1cccc(NC(=O)CSc2nnc(N3C(N)=C(C#N)C(c4ccc(OC)cc4OC)C4=C3CCCC4=O)s2)c1. The average molecular weight is 605 g/mol. The number of nitrogens with two attached hydrogens (primary N) is 1. The van der Waals surface area contributed by atoms with E-state index in [1.807, 2.05) is 0 Å². The van der Waals surface area contributed by atoms with Crippen molar-refractivity contribution >= 4 is 45.6 Å². The summed E-state index contributed by atoms with van der Waals surface area (Å²) >= 11 is 2.46. The number of allylic oxidation sites excluding steroid dienone is 3. The van der Waals surface area contributed by atoms with Gasteiger partial charge in [0.1, 0.15) is 23.1 Å². The number of thioether (sulfide) groups is 1. The number of nitriles is 1. The van der Waals surface area contributed by atoms with Crippen LogP contribution in [0.15, 0.2) is 69.5 Å². The molecule has 2 aromatic carbocycles. The third-order valence-corrected chi connectivity index (χ3v) is 8.97. The first-order chi connectivity index (χ1) is 20.4. The van der Waals surface area contributed by atoms with Gasteiger partial charge in [0.25, 0.3) is 0 Å². The minimum absolute atomic E-state index is 0.0577. The van der Waals surface area contributed by atoms with Crippen molar-refractivity contribution in [1.82, 2.24) is 10.2 Å². The van der Waals surface area contributed by atoms with Crippen LogP contribution in [0.5, 0.6) is 17.2 Å². The van der Waals surface area contributed by atoms with Crippen molar-refractivity contribution in [2.24, 2.45) is 5.73 Å². The molecule has 0 spiro atoms. The molecule has 2 aliphatic rings. The number of hydrogen-bond acceptors (Lipinski definition) is 12. The van der Waals surface area contributed by atoms with Crippen molar-refractivity contribution in [2.75, 3.05) is 37.3 Å². The molecule has 1 atom stereocenters. The summed E-state index contributed by atoms with van der Waals surface area (Å²) < 4.78 is 16.7. The van der Waals surface area contributed by atoms with Gasteiger partial charge in [-0.05, 0) is 31.0 Å². The summed E-state index contributed by atoms with van der Waals surface area (Å²) in [6.07, 6.45) is 1.57. The van der Waals surface area contributed by atoms with E-state index in [0.29, 0.717) is 68.5 Å². The van der Waals surface area contributed by atoms with E-state index in [-0.39, 0.29) is 28.8 Å². The zero-order valence-corrected chi connectivity index (χ0v) is 24.8. The van der Waals surface area contributed by atoms with Gasteiger partial charge in [-0.2, -0.15) is 5.26 Å². The van der Waals surface area contributed by atoms with Crippen LogP contribution in [-0.4, -0.2) is 49.0 Å². The standard InChI is InChI=1S/C29H28N6O5S2/c1-38-17-7-4-6-16(12-17)32-24(37)15-41-29-34-33-28(42-29)35-21-8-5-9-22(36)26(21)25(20(14-30)27(35)31)19-11-10-18(39-2)13-23(19)40-3/h4,6-7,10-13,25H,5,8-9,15,31H2,1-3H3,(H,32,37). The number of amides is 1. The summed E-state index contributed by atoms with van der Waals surface area (Å²) in [6.45, 7) is 0. The molecule has 1 aliphatic carbocycles. The van der Waals surface area contributed by atoms with Crippen LogP contribution < -0.4 is 30.2 Å². The first kappa shape index (κ1) is 29.0. The van der Waals surface area contributed by atoms with E-state index < -0.39 is 5.92 Å². The maximum absolute atomic E-state index is 13.4. The Bertz CT molecular complexity index is 1640. The van der Waals surface area contributed by atoms with Crippen molar-refractivity contribution in [3.05, 3.63) is 70.7 Å². The van der Waals surface area contributed by atoms with Crippen LogP contribution in [0.25, 0.3) is 0 Å². The number of Topliss-reactive ketones (excluding diaryl/α,β-unsaturated/α-hetero) is 1. The van der Waals surface area contributed by atoms with Crippen LogP contribution in [0.4, 0.5) is 10.8 Å². The third kappa shape index (κ3) is 5.63. The molecule has 2 heterocycles. The predicted molar refractivity (Wildman–Crippen MR) is 160 cm³/mol. The van der Waals surface area contributed by atoms with Crippen LogP contribution in [0.1, 0.15) is 30.7 Å². The first-order valence-corrected chi connectivity index (χ1v) is 14.8. The highest BCUT2D eigenvalue weighted by Crippen LogP contribution is 2.49. The number of benzene rings is 2. The summed E-state index contributed by atoms with van der Waals surface area (Å²) in [5.41, 5.74) is 9.34. The number of aromatic nitrogens is 2. The van der Waals surface area contributed by atoms with Crippen molar-refractivity contribution in [2.45, 2.75) is 29.5 Å². The molecule has 11 nitrogen and oxygen atoms in total. The zero-order chi connectivity index (χ0) is 29.8.